The zero-order chi connectivity index (χ0) is 20.7. The zero-order valence-corrected chi connectivity index (χ0v) is 17.7. The van der Waals surface area contributed by atoms with E-state index in [1.807, 2.05) is 0 Å². The number of amides is 3. The molecule has 0 aromatic heterocycles. The highest BCUT2D eigenvalue weighted by molar-refractivity contribution is 9.10. The van der Waals surface area contributed by atoms with Crippen molar-refractivity contribution in [2.75, 3.05) is 16.8 Å². The van der Waals surface area contributed by atoms with Crippen molar-refractivity contribution in [1.29, 1.82) is 0 Å². The molecule has 0 unspecified atom stereocenters. The molecule has 1 saturated heterocycles. The molecular weight excluding hydrogens is 481 g/mol. The van der Waals surface area contributed by atoms with Gasteiger partial charge in [0.1, 0.15) is 16.7 Å². The lowest BCUT2D eigenvalue weighted by atomic mass is 10.1. The van der Waals surface area contributed by atoms with Gasteiger partial charge in [-0.25, -0.2) is 4.39 Å². The van der Waals surface area contributed by atoms with Crippen LogP contribution < -0.4 is 15.5 Å². The van der Waals surface area contributed by atoms with Gasteiger partial charge in [0.2, 0.25) is 5.91 Å². The lowest BCUT2D eigenvalue weighted by Crippen LogP contribution is -2.35. The minimum Gasteiger partial charge on any atom is -0.325 e. The maximum Gasteiger partial charge on any atom is 0.264 e. The molecule has 2 heterocycles. The third-order valence-electron chi connectivity index (χ3n) is 4.25. The number of benzene rings is 2. The highest BCUT2D eigenvalue weighted by atomic mass is 79.9. The number of hydrogen-bond acceptors (Lipinski definition) is 5. The van der Waals surface area contributed by atoms with Crippen LogP contribution in [-0.4, -0.2) is 28.6 Å². The standard InChI is InChI=1S/C19H11BrFN3O3S2/c20-9-1-6-13-12(7-9)15(16-17(26)23-19(28)29-16)18(27)24(13)8-14(25)22-11-4-2-10(21)3-5-11/h1-7H,8H2,(H,22,25)(H,23,26,28)/b16-15+. The number of hydrogen-bond donors (Lipinski definition) is 2. The molecule has 2 aromatic rings. The Morgan fingerprint density at radius 3 is 2.59 bits per heavy atom. The molecule has 29 heavy (non-hydrogen) atoms. The topological polar surface area (TPSA) is 78.5 Å². The summed E-state index contributed by atoms with van der Waals surface area (Å²) in [6.45, 7) is -0.266. The fourth-order valence-corrected chi connectivity index (χ4v) is 4.51. The van der Waals surface area contributed by atoms with E-state index in [2.05, 4.69) is 26.6 Å². The Morgan fingerprint density at radius 2 is 1.93 bits per heavy atom. The van der Waals surface area contributed by atoms with Crippen molar-refractivity contribution < 1.29 is 18.8 Å². The highest BCUT2D eigenvalue weighted by Crippen LogP contribution is 2.43. The van der Waals surface area contributed by atoms with Gasteiger partial charge in [-0.1, -0.05) is 39.9 Å². The molecule has 2 aliphatic rings. The van der Waals surface area contributed by atoms with Gasteiger partial charge in [-0.15, -0.1) is 0 Å². The summed E-state index contributed by atoms with van der Waals surface area (Å²) < 4.78 is 14.0. The summed E-state index contributed by atoms with van der Waals surface area (Å²) >= 11 is 9.42. The second kappa shape index (κ2) is 7.69. The first-order valence-corrected chi connectivity index (χ1v) is 10.3. The molecule has 2 aliphatic heterocycles. The monoisotopic (exact) mass is 491 g/mol. The minimum atomic E-state index is -0.463. The first kappa shape index (κ1) is 19.7. The van der Waals surface area contributed by atoms with Crippen LogP contribution in [0.15, 0.2) is 51.8 Å². The van der Waals surface area contributed by atoms with Crippen LogP contribution in [0.25, 0.3) is 5.57 Å². The van der Waals surface area contributed by atoms with Gasteiger partial charge in [-0.05, 0) is 42.5 Å². The van der Waals surface area contributed by atoms with Gasteiger partial charge in [0, 0.05) is 15.7 Å². The third-order valence-corrected chi connectivity index (χ3v) is 5.98. The summed E-state index contributed by atoms with van der Waals surface area (Å²) in [5.41, 5.74) is 1.68. The molecule has 0 spiro atoms. The number of carbonyl (C=O) groups excluding carboxylic acids is 3. The molecule has 0 radical (unpaired) electrons. The molecule has 0 saturated carbocycles. The Kier molecular flexibility index (Phi) is 5.24. The number of carbonyl (C=O) groups is 3. The van der Waals surface area contributed by atoms with Gasteiger partial charge in [0.25, 0.3) is 11.8 Å². The molecule has 0 bridgehead atoms. The molecule has 0 atom stereocenters. The Morgan fingerprint density at radius 1 is 1.21 bits per heavy atom. The summed E-state index contributed by atoms with van der Waals surface area (Å²) in [4.78, 5) is 39.4. The van der Waals surface area contributed by atoms with Gasteiger partial charge in [-0.3, -0.25) is 19.3 Å². The van der Waals surface area contributed by atoms with Crippen molar-refractivity contribution in [3.63, 3.8) is 0 Å². The Hall–Kier alpha value is -2.56. The summed E-state index contributed by atoms with van der Waals surface area (Å²) in [7, 11) is 0. The van der Waals surface area contributed by atoms with Crippen LogP contribution >= 0.6 is 39.9 Å². The van der Waals surface area contributed by atoms with Crippen molar-refractivity contribution in [2.24, 2.45) is 0 Å². The quantitative estimate of drug-likeness (QED) is 0.507. The smallest absolute Gasteiger partial charge is 0.264 e. The molecule has 10 heteroatoms. The summed E-state index contributed by atoms with van der Waals surface area (Å²) in [6.07, 6.45) is 0. The summed E-state index contributed by atoms with van der Waals surface area (Å²) in [5.74, 6) is -1.77. The van der Waals surface area contributed by atoms with Gasteiger partial charge < -0.3 is 10.6 Å². The van der Waals surface area contributed by atoms with Crippen molar-refractivity contribution in [3.8, 4) is 0 Å². The number of thioether (sulfide) groups is 1. The van der Waals surface area contributed by atoms with Crippen LogP contribution in [0.1, 0.15) is 5.56 Å². The number of nitrogens with one attached hydrogen (secondary N) is 2. The number of nitrogens with zero attached hydrogens (tertiary/aromatic N) is 1. The van der Waals surface area contributed by atoms with E-state index in [-0.39, 0.29) is 21.3 Å². The third kappa shape index (κ3) is 3.83. The predicted octanol–water partition coefficient (Wildman–Crippen LogP) is 3.43. The SMILES string of the molecule is O=C(CN1C(=O)/C(=C2/SC(=S)NC2=O)c2cc(Br)ccc21)Nc1ccc(F)cc1. The Labute approximate surface area is 182 Å². The Balaban J connectivity index is 1.66. The van der Waals surface area contributed by atoms with Crippen molar-refractivity contribution >= 4 is 78.9 Å². The van der Waals surface area contributed by atoms with Gasteiger partial charge in [0.15, 0.2) is 0 Å². The van der Waals surface area contributed by atoms with Crippen LogP contribution in [0.5, 0.6) is 0 Å². The molecule has 2 N–H and O–H groups in total. The van der Waals surface area contributed by atoms with Crippen LogP contribution in [0, 0.1) is 5.82 Å². The van der Waals surface area contributed by atoms with E-state index in [1.165, 1.54) is 29.2 Å². The second-order valence-electron chi connectivity index (χ2n) is 6.16. The van der Waals surface area contributed by atoms with E-state index in [0.717, 1.165) is 16.2 Å². The highest BCUT2D eigenvalue weighted by Gasteiger charge is 2.39. The van der Waals surface area contributed by atoms with E-state index in [9.17, 15) is 18.8 Å². The number of anilines is 2. The maximum atomic E-state index is 13.1. The average Bonchev–Trinajstić information content (AvgIpc) is 3.12. The van der Waals surface area contributed by atoms with Crippen LogP contribution in [0.2, 0.25) is 0 Å². The molecule has 146 valence electrons. The van der Waals surface area contributed by atoms with Crippen LogP contribution in [-0.2, 0) is 14.4 Å². The van der Waals surface area contributed by atoms with Gasteiger partial charge in [0.05, 0.1) is 16.2 Å². The molecule has 0 aliphatic carbocycles. The number of rotatable bonds is 3. The van der Waals surface area contributed by atoms with Crippen LogP contribution in [0.4, 0.5) is 15.8 Å². The first-order chi connectivity index (χ1) is 13.8. The first-order valence-electron chi connectivity index (χ1n) is 8.28. The summed E-state index contributed by atoms with van der Waals surface area (Å²) in [6, 6.07) is 10.5. The maximum absolute atomic E-state index is 13.1. The van der Waals surface area contributed by atoms with E-state index in [0.29, 0.717) is 16.9 Å². The van der Waals surface area contributed by atoms with E-state index < -0.39 is 23.5 Å². The van der Waals surface area contributed by atoms with E-state index in [1.54, 1.807) is 18.2 Å². The fraction of sp³-hybridized carbons (Fsp3) is 0.0526. The largest absolute Gasteiger partial charge is 0.325 e. The predicted molar refractivity (Wildman–Crippen MR) is 117 cm³/mol. The van der Waals surface area contributed by atoms with Crippen molar-refractivity contribution in [3.05, 3.63) is 63.2 Å². The van der Waals surface area contributed by atoms with E-state index in [4.69, 9.17) is 12.2 Å². The van der Waals surface area contributed by atoms with Crippen LogP contribution in [0.3, 0.4) is 0 Å². The normalized spacial score (nSPS) is 18.1. The molecule has 1 fully saturated rings. The van der Waals surface area contributed by atoms with Gasteiger partial charge in [-0.2, -0.15) is 0 Å². The molecule has 2 aromatic carbocycles. The molecule has 6 nitrogen and oxygen atoms in total. The van der Waals surface area contributed by atoms with Gasteiger partial charge >= 0.3 is 0 Å². The Bertz CT molecular complexity index is 1120. The summed E-state index contributed by atoms with van der Waals surface area (Å²) in [5, 5.41) is 5.14. The molecule has 3 amide bonds. The minimum absolute atomic E-state index is 0.207. The zero-order valence-electron chi connectivity index (χ0n) is 14.5. The number of fused-ring (bicyclic) bond motifs is 1. The molecule has 4 rings (SSSR count). The fourth-order valence-electron chi connectivity index (χ4n) is 3.04. The van der Waals surface area contributed by atoms with Crippen molar-refractivity contribution in [1.82, 2.24) is 5.32 Å². The number of thiocarbonyl (C=S) groups is 1. The lowest BCUT2D eigenvalue weighted by molar-refractivity contribution is -0.118. The van der Waals surface area contributed by atoms with E-state index >= 15 is 0 Å². The number of halogens is 2. The molecular formula is C19H11BrFN3O3S2. The second-order valence-corrected chi connectivity index (χ2v) is 8.76. The van der Waals surface area contributed by atoms with Crippen molar-refractivity contribution in [2.45, 2.75) is 0 Å². The average molecular weight is 492 g/mol. The lowest BCUT2D eigenvalue weighted by Gasteiger charge is -2.17.